The summed E-state index contributed by atoms with van der Waals surface area (Å²) >= 11 is 0. The number of rotatable bonds is 3. The van der Waals surface area contributed by atoms with E-state index in [1.54, 1.807) is 4.90 Å². The minimum atomic E-state index is -0.488. The second-order valence-corrected chi connectivity index (χ2v) is 8.87. The van der Waals surface area contributed by atoms with E-state index < -0.39 is 5.60 Å². The van der Waals surface area contributed by atoms with Crippen molar-refractivity contribution in [2.75, 3.05) is 19.6 Å². The second kappa shape index (κ2) is 7.50. The number of carbonyl (C=O) groups excluding carboxylic acids is 2. The molecule has 0 atom stereocenters. The van der Waals surface area contributed by atoms with Crippen LogP contribution in [-0.2, 0) is 22.7 Å². The molecule has 148 valence electrons. The average Bonchev–Trinajstić information content (AvgIpc) is 2.89. The lowest BCUT2D eigenvalue weighted by molar-refractivity contribution is -0.128. The smallest absolute Gasteiger partial charge is 0.410 e. The predicted molar refractivity (Wildman–Crippen MR) is 102 cm³/mol. The van der Waals surface area contributed by atoms with Crippen molar-refractivity contribution in [1.82, 2.24) is 9.80 Å². The Bertz CT molecular complexity index is 685. The van der Waals surface area contributed by atoms with Crippen LogP contribution in [0, 0.1) is 5.41 Å². The summed E-state index contributed by atoms with van der Waals surface area (Å²) in [5.74, 6) is 0.187. The van der Waals surface area contributed by atoms with Gasteiger partial charge in [0, 0.05) is 38.0 Å². The molecule has 0 aromatic heterocycles. The van der Waals surface area contributed by atoms with Crippen molar-refractivity contribution in [2.24, 2.45) is 5.41 Å². The molecule has 1 aromatic rings. The topological polar surface area (TPSA) is 70.1 Å². The highest BCUT2D eigenvalue weighted by molar-refractivity contribution is 5.79. The van der Waals surface area contributed by atoms with Gasteiger partial charge in [-0.3, -0.25) is 4.79 Å². The summed E-state index contributed by atoms with van der Waals surface area (Å²) < 4.78 is 5.46. The number of piperidine rings is 1. The number of amides is 2. The normalized spacial score (nSPS) is 19.6. The number of ether oxygens (including phenoxy) is 1. The van der Waals surface area contributed by atoms with Gasteiger partial charge in [0.1, 0.15) is 5.60 Å². The first-order valence-electron chi connectivity index (χ1n) is 9.64. The number of likely N-dealkylation sites (tertiary alicyclic amines) is 2. The molecule has 2 saturated heterocycles. The van der Waals surface area contributed by atoms with Crippen molar-refractivity contribution in [3.05, 3.63) is 35.4 Å². The Morgan fingerprint density at radius 3 is 2.30 bits per heavy atom. The molecule has 2 fully saturated rings. The maximum atomic E-state index is 12.6. The van der Waals surface area contributed by atoms with Crippen LogP contribution in [0.15, 0.2) is 24.3 Å². The number of benzene rings is 1. The van der Waals surface area contributed by atoms with Gasteiger partial charge in [-0.15, -0.1) is 0 Å². The number of aliphatic hydroxyl groups excluding tert-OH is 1. The zero-order valence-corrected chi connectivity index (χ0v) is 16.5. The molecule has 1 aromatic carbocycles. The standard InChI is InChI=1S/C21H30N2O4/c1-20(2,3)27-19(26)22-10-8-21(9-11-22)12-18(25)23(15-21)13-16-4-6-17(14-24)7-5-16/h4-7,24H,8-15H2,1-3H3. The average molecular weight is 374 g/mol. The molecule has 0 bridgehead atoms. The first-order valence-corrected chi connectivity index (χ1v) is 9.64. The zero-order chi connectivity index (χ0) is 19.7. The molecule has 0 unspecified atom stereocenters. The molecule has 3 rings (SSSR count). The van der Waals surface area contributed by atoms with Crippen LogP contribution in [0.2, 0.25) is 0 Å². The van der Waals surface area contributed by atoms with Crippen molar-refractivity contribution in [3.63, 3.8) is 0 Å². The third kappa shape index (κ3) is 4.80. The van der Waals surface area contributed by atoms with Gasteiger partial charge in [0.05, 0.1) is 6.61 Å². The fourth-order valence-electron chi connectivity index (χ4n) is 3.92. The van der Waals surface area contributed by atoms with E-state index >= 15 is 0 Å². The lowest BCUT2D eigenvalue weighted by Gasteiger charge is -2.39. The Morgan fingerprint density at radius 2 is 1.74 bits per heavy atom. The van der Waals surface area contributed by atoms with Gasteiger partial charge >= 0.3 is 6.09 Å². The molecule has 0 saturated carbocycles. The van der Waals surface area contributed by atoms with Crippen molar-refractivity contribution < 1.29 is 19.4 Å². The maximum absolute atomic E-state index is 12.6. The van der Waals surface area contributed by atoms with E-state index in [9.17, 15) is 9.59 Å². The van der Waals surface area contributed by atoms with Crippen LogP contribution < -0.4 is 0 Å². The van der Waals surface area contributed by atoms with Crippen LogP contribution in [0.3, 0.4) is 0 Å². The van der Waals surface area contributed by atoms with Crippen LogP contribution in [0.25, 0.3) is 0 Å². The Labute approximate surface area is 161 Å². The van der Waals surface area contributed by atoms with Gasteiger partial charge in [-0.2, -0.15) is 0 Å². The minimum Gasteiger partial charge on any atom is -0.444 e. The molecule has 2 aliphatic heterocycles. The fraction of sp³-hybridized carbons (Fsp3) is 0.619. The Hall–Kier alpha value is -2.08. The van der Waals surface area contributed by atoms with Gasteiger partial charge in [-0.05, 0) is 44.7 Å². The van der Waals surface area contributed by atoms with E-state index in [-0.39, 0.29) is 24.0 Å². The summed E-state index contributed by atoms with van der Waals surface area (Å²) in [5.41, 5.74) is 1.43. The van der Waals surface area contributed by atoms with Crippen LogP contribution in [0.5, 0.6) is 0 Å². The van der Waals surface area contributed by atoms with Crippen LogP contribution in [0.1, 0.15) is 51.2 Å². The van der Waals surface area contributed by atoms with Gasteiger partial charge in [-0.25, -0.2) is 4.79 Å². The molecule has 27 heavy (non-hydrogen) atoms. The van der Waals surface area contributed by atoms with E-state index in [1.165, 1.54) is 0 Å². The Kier molecular flexibility index (Phi) is 5.47. The fourth-order valence-corrected chi connectivity index (χ4v) is 3.92. The monoisotopic (exact) mass is 374 g/mol. The summed E-state index contributed by atoms with van der Waals surface area (Å²) in [6.45, 7) is 8.27. The van der Waals surface area contributed by atoms with Gasteiger partial charge < -0.3 is 19.6 Å². The number of nitrogens with zero attached hydrogens (tertiary/aromatic N) is 2. The summed E-state index contributed by atoms with van der Waals surface area (Å²) in [4.78, 5) is 28.5. The zero-order valence-electron chi connectivity index (χ0n) is 16.5. The van der Waals surface area contributed by atoms with Crippen LogP contribution in [0.4, 0.5) is 4.79 Å². The molecule has 6 nitrogen and oxygen atoms in total. The molecule has 2 heterocycles. The quantitative estimate of drug-likeness (QED) is 0.883. The molecule has 2 amide bonds. The van der Waals surface area contributed by atoms with Gasteiger partial charge in [0.2, 0.25) is 5.91 Å². The molecule has 2 aliphatic rings. The van der Waals surface area contributed by atoms with Gasteiger partial charge in [0.25, 0.3) is 0 Å². The maximum Gasteiger partial charge on any atom is 0.410 e. The van der Waals surface area contributed by atoms with Gasteiger partial charge in [-0.1, -0.05) is 24.3 Å². The highest BCUT2D eigenvalue weighted by Gasteiger charge is 2.45. The lowest BCUT2D eigenvalue weighted by atomic mass is 9.78. The van der Waals surface area contributed by atoms with E-state index in [1.807, 2.05) is 49.9 Å². The van der Waals surface area contributed by atoms with Crippen LogP contribution >= 0.6 is 0 Å². The lowest BCUT2D eigenvalue weighted by Crippen LogP contribution is -2.46. The molecule has 0 radical (unpaired) electrons. The van der Waals surface area contributed by atoms with E-state index in [0.29, 0.717) is 26.1 Å². The molecule has 1 N–H and O–H groups in total. The minimum absolute atomic E-state index is 0.0271. The van der Waals surface area contributed by atoms with E-state index in [2.05, 4.69) is 0 Å². The molecule has 1 spiro atoms. The summed E-state index contributed by atoms with van der Waals surface area (Å²) in [6, 6.07) is 7.72. The summed E-state index contributed by atoms with van der Waals surface area (Å²) in [5, 5.41) is 9.14. The molecular formula is C21H30N2O4. The first kappa shape index (κ1) is 19.7. The number of carbonyl (C=O) groups is 2. The largest absolute Gasteiger partial charge is 0.444 e. The SMILES string of the molecule is CC(C)(C)OC(=O)N1CCC2(CC1)CC(=O)N(Cc1ccc(CO)cc1)C2. The van der Waals surface area contributed by atoms with E-state index in [4.69, 9.17) is 9.84 Å². The Balaban J connectivity index is 1.56. The predicted octanol–water partition coefficient (Wildman–Crippen LogP) is 2.93. The Morgan fingerprint density at radius 1 is 1.15 bits per heavy atom. The summed E-state index contributed by atoms with van der Waals surface area (Å²) in [7, 11) is 0. The highest BCUT2D eigenvalue weighted by Crippen LogP contribution is 2.41. The van der Waals surface area contributed by atoms with E-state index in [0.717, 1.165) is 30.5 Å². The van der Waals surface area contributed by atoms with Crippen molar-refractivity contribution in [2.45, 2.75) is 58.8 Å². The third-order valence-corrected chi connectivity index (χ3v) is 5.46. The summed E-state index contributed by atoms with van der Waals surface area (Å²) in [6.07, 6.45) is 1.96. The second-order valence-electron chi connectivity index (χ2n) is 8.87. The van der Waals surface area contributed by atoms with Crippen molar-refractivity contribution in [3.8, 4) is 0 Å². The number of aliphatic hydroxyl groups is 1. The molecule has 6 heteroatoms. The number of hydrogen-bond acceptors (Lipinski definition) is 4. The highest BCUT2D eigenvalue weighted by atomic mass is 16.6. The van der Waals surface area contributed by atoms with Crippen molar-refractivity contribution >= 4 is 12.0 Å². The third-order valence-electron chi connectivity index (χ3n) is 5.46. The number of hydrogen-bond donors (Lipinski definition) is 1. The van der Waals surface area contributed by atoms with Crippen LogP contribution in [-0.4, -0.2) is 52.1 Å². The van der Waals surface area contributed by atoms with Crippen molar-refractivity contribution in [1.29, 1.82) is 0 Å². The first-order chi connectivity index (χ1) is 12.7. The molecule has 0 aliphatic carbocycles. The molecular weight excluding hydrogens is 344 g/mol. The van der Waals surface area contributed by atoms with Gasteiger partial charge in [0.15, 0.2) is 0 Å².